The number of rotatable bonds is 5. The number of piperazine rings is 1. The maximum Gasteiger partial charge on any atom is 0.414 e. The van der Waals surface area contributed by atoms with Gasteiger partial charge in [0.2, 0.25) is 10.0 Å². The van der Waals surface area contributed by atoms with E-state index in [4.69, 9.17) is 19.8 Å². The number of hydrogen-bond acceptors (Lipinski definition) is 7. The van der Waals surface area contributed by atoms with Gasteiger partial charge in [-0.3, -0.25) is 15.0 Å². The van der Waals surface area contributed by atoms with Crippen LogP contribution in [0.25, 0.3) is 0 Å². The van der Waals surface area contributed by atoms with Crippen LogP contribution in [0.15, 0.2) is 29.2 Å². The average Bonchev–Trinajstić information content (AvgIpc) is 2.67. The van der Waals surface area contributed by atoms with Crippen LogP contribution in [0.1, 0.15) is 20.3 Å². The average molecular weight is 417 g/mol. The van der Waals surface area contributed by atoms with Crippen molar-refractivity contribution < 1.29 is 33.1 Å². The molecular weight excluding hydrogens is 394 g/mol. The van der Waals surface area contributed by atoms with Gasteiger partial charge < -0.3 is 10.2 Å². The fraction of sp³-hybridized carbons (Fsp3) is 0.500. The largest absolute Gasteiger partial charge is 0.473 e. The molecule has 1 atom stereocenters. The van der Waals surface area contributed by atoms with Gasteiger partial charge in [0.05, 0.1) is 9.82 Å². The van der Waals surface area contributed by atoms with Crippen LogP contribution in [0, 0.1) is 10.1 Å². The van der Waals surface area contributed by atoms with Crippen molar-refractivity contribution in [3.8, 4) is 0 Å². The van der Waals surface area contributed by atoms with Gasteiger partial charge in [0.1, 0.15) is 0 Å². The van der Waals surface area contributed by atoms with Crippen molar-refractivity contribution in [2.24, 2.45) is 0 Å². The van der Waals surface area contributed by atoms with Crippen LogP contribution in [-0.2, 0) is 19.6 Å². The number of sulfonamides is 1. The first kappa shape index (κ1) is 23.5. The summed E-state index contributed by atoms with van der Waals surface area (Å²) < 4.78 is 26.6. The summed E-state index contributed by atoms with van der Waals surface area (Å²) in [6.45, 7) is 6.57. The lowest BCUT2D eigenvalue weighted by Crippen LogP contribution is -2.51. The lowest BCUT2D eigenvalue weighted by molar-refractivity contribution is -0.384. The number of nitro benzene ring substituents is 1. The second kappa shape index (κ2) is 10.1. The molecule has 1 heterocycles. The van der Waals surface area contributed by atoms with Crippen LogP contribution in [0.3, 0.4) is 0 Å². The fourth-order valence-electron chi connectivity index (χ4n) is 2.53. The molecule has 156 valence electrons. The van der Waals surface area contributed by atoms with Gasteiger partial charge >= 0.3 is 11.9 Å². The number of nitrogens with zero attached hydrogens (tertiary/aromatic N) is 3. The molecule has 1 aliphatic rings. The molecule has 0 aromatic heterocycles. The van der Waals surface area contributed by atoms with E-state index in [1.54, 1.807) is 0 Å². The molecule has 0 amide bonds. The van der Waals surface area contributed by atoms with Crippen molar-refractivity contribution in [2.75, 3.05) is 26.2 Å². The van der Waals surface area contributed by atoms with Crippen molar-refractivity contribution in [1.82, 2.24) is 9.21 Å². The Hall–Kier alpha value is -2.57. The Morgan fingerprint density at radius 3 is 1.93 bits per heavy atom. The van der Waals surface area contributed by atoms with E-state index in [1.165, 1.54) is 28.6 Å². The fourth-order valence-corrected chi connectivity index (χ4v) is 3.95. The SMILES string of the molecule is CCC(C)N1CCN(S(=O)(=O)c2ccc([N+](=O)[O-])cc2)CC1.O=C(O)C(=O)O. The van der Waals surface area contributed by atoms with Gasteiger partial charge in [-0.15, -0.1) is 0 Å². The standard InChI is InChI=1S/C14H21N3O4S.C2H2O4/c1-3-12(2)15-8-10-16(11-9-15)22(20,21)14-6-4-13(5-7-14)17(18)19;3-1(4)2(5)6/h4-7,12H,3,8-11H2,1-2H3;(H,3,4)(H,5,6). The van der Waals surface area contributed by atoms with E-state index in [-0.39, 0.29) is 10.6 Å². The quantitative estimate of drug-likeness (QED) is 0.402. The molecule has 0 saturated carbocycles. The molecule has 28 heavy (non-hydrogen) atoms. The number of carbonyl (C=O) groups is 2. The van der Waals surface area contributed by atoms with Crippen molar-refractivity contribution in [3.05, 3.63) is 34.4 Å². The minimum atomic E-state index is -3.58. The molecule has 1 saturated heterocycles. The van der Waals surface area contributed by atoms with Gasteiger partial charge in [-0.1, -0.05) is 6.92 Å². The molecule has 0 bridgehead atoms. The van der Waals surface area contributed by atoms with Crippen LogP contribution in [-0.4, -0.2) is 76.9 Å². The Morgan fingerprint density at radius 2 is 1.57 bits per heavy atom. The van der Waals surface area contributed by atoms with E-state index in [9.17, 15) is 18.5 Å². The molecule has 1 unspecified atom stereocenters. The minimum absolute atomic E-state index is 0.107. The molecule has 1 aromatic rings. The molecule has 0 radical (unpaired) electrons. The molecule has 2 N–H and O–H groups in total. The summed E-state index contributed by atoms with van der Waals surface area (Å²) in [5, 5.41) is 25.4. The van der Waals surface area contributed by atoms with Crippen LogP contribution >= 0.6 is 0 Å². The van der Waals surface area contributed by atoms with Crippen LogP contribution in [0.5, 0.6) is 0 Å². The first-order chi connectivity index (χ1) is 13.0. The summed E-state index contributed by atoms with van der Waals surface area (Å²) in [5.41, 5.74) is -0.111. The summed E-state index contributed by atoms with van der Waals surface area (Å²) in [5.74, 6) is -3.65. The van der Waals surface area contributed by atoms with E-state index in [0.717, 1.165) is 6.42 Å². The van der Waals surface area contributed by atoms with Crippen molar-refractivity contribution in [2.45, 2.75) is 31.2 Å². The molecule has 12 heteroatoms. The van der Waals surface area contributed by atoms with Gasteiger partial charge in [0, 0.05) is 44.4 Å². The highest BCUT2D eigenvalue weighted by molar-refractivity contribution is 7.89. The van der Waals surface area contributed by atoms with E-state index in [1.807, 2.05) is 0 Å². The van der Waals surface area contributed by atoms with Crippen LogP contribution in [0.4, 0.5) is 5.69 Å². The smallest absolute Gasteiger partial charge is 0.414 e. The normalized spacial score (nSPS) is 16.5. The molecule has 0 aliphatic carbocycles. The lowest BCUT2D eigenvalue weighted by atomic mass is 10.2. The highest BCUT2D eigenvalue weighted by atomic mass is 32.2. The molecule has 2 rings (SSSR count). The highest BCUT2D eigenvalue weighted by Gasteiger charge is 2.29. The lowest BCUT2D eigenvalue weighted by Gasteiger charge is -2.37. The van der Waals surface area contributed by atoms with E-state index in [0.29, 0.717) is 32.2 Å². The minimum Gasteiger partial charge on any atom is -0.473 e. The third kappa shape index (κ3) is 6.25. The van der Waals surface area contributed by atoms with Crippen LogP contribution in [0.2, 0.25) is 0 Å². The molecule has 11 nitrogen and oxygen atoms in total. The van der Waals surface area contributed by atoms with E-state index in [2.05, 4.69) is 18.7 Å². The highest BCUT2D eigenvalue weighted by Crippen LogP contribution is 2.21. The maximum atomic E-state index is 12.6. The summed E-state index contributed by atoms with van der Waals surface area (Å²) in [4.78, 5) is 30.7. The topological polar surface area (TPSA) is 158 Å². The maximum absolute atomic E-state index is 12.6. The van der Waals surface area contributed by atoms with Gasteiger partial charge in [0.15, 0.2) is 0 Å². The number of non-ortho nitro benzene ring substituents is 1. The van der Waals surface area contributed by atoms with Crippen molar-refractivity contribution in [1.29, 1.82) is 0 Å². The number of nitro groups is 1. The van der Waals surface area contributed by atoms with Gasteiger partial charge in [0.25, 0.3) is 5.69 Å². The first-order valence-electron chi connectivity index (χ1n) is 8.45. The first-order valence-corrected chi connectivity index (χ1v) is 9.89. The third-order valence-corrected chi connectivity index (χ3v) is 6.27. The van der Waals surface area contributed by atoms with Gasteiger partial charge in [-0.25, -0.2) is 18.0 Å². The van der Waals surface area contributed by atoms with Crippen LogP contribution < -0.4 is 0 Å². The summed E-state index contributed by atoms with van der Waals surface area (Å²) >= 11 is 0. The van der Waals surface area contributed by atoms with E-state index < -0.39 is 26.9 Å². The number of carboxylic acid groups (broad SMARTS) is 2. The molecule has 1 aliphatic heterocycles. The summed E-state index contributed by atoms with van der Waals surface area (Å²) in [7, 11) is -3.58. The molecule has 0 spiro atoms. The zero-order valence-electron chi connectivity index (χ0n) is 15.5. The van der Waals surface area contributed by atoms with E-state index >= 15 is 0 Å². The van der Waals surface area contributed by atoms with Crippen molar-refractivity contribution >= 4 is 27.6 Å². The van der Waals surface area contributed by atoms with Crippen molar-refractivity contribution in [3.63, 3.8) is 0 Å². The number of aliphatic carboxylic acids is 2. The Bertz CT molecular complexity index is 790. The molecule has 1 fully saturated rings. The van der Waals surface area contributed by atoms with Gasteiger partial charge in [-0.05, 0) is 25.5 Å². The summed E-state index contributed by atoms with van der Waals surface area (Å²) in [6, 6.07) is 5.50. The third-order valence-electron chi connectivity index (χ3n) is 4.36. The monoisotopic (exact) mass is 417 g/mol. The molecular formula is C16H23N3O8S. The number of hydrogen-bond donors (Lipinski definition) is 2. The predicted molar refractivity (Wildman–Crippen MR) is 98.5 cm³/mol. The zero-order chi connectivity index (χ0) is 21.5. The second-order valence-corrected chi connectivity index (χ2v) is 8.00. The Balaban J connectivity index is 0.000000568. The Labute approximate surface area is 162 Å². The number of benzene rings is 1. The van der Waals surface area contributed by atoms with Gasteiger partial charge in [-0.2, -0.15) is 4.31 Å². The Kier molecular flexibility index (Phi) is 8.47. The zero-order valence-corrected chi connectivity index (χ0v) is 16.3. The second-order valence-electron chi connectivity index (χ2n) is 6.06. The Morgan fingerprint density at radius 1 is 1.11 bits per heavy atom. The molecule has 1 aromatic carbocycles. The summed E-state index contributed by atoms with van der Waals surface area (Å²) in [6.07, 6.45) is 1.04. The number of carboxylic acids is 2. The predicted octanol–water partition coefficient (Wildman–Crippen LogP) is 0.855.